The van der Waals surface area contributed by atoms with E-state index in [1.165, 1.54) is 51.4 Å². The normalized spacial score (nSPS) is 34.9. The van der Waals surface area contributed by atoms with Crippen molar-refractivity contribution in [1.29, 1.82) is 0 Å². The highest BCUT2D eigenvalue weighted by Gasteiger charge is 2.50. The molecule has 0 amide bonds. The first-order valence-electron chi connectivity index (χ1n) is 11.4. The van der Waals surface area contributed by atoms with E-state index in [1.54, 1.807) is 0 Å². The molecule has 0 aromatic heterocycles. The second kappa shape index (κ2) is 9.57. The maximum atomic E-state index is 13.1. The zero-order valence-electron chi connectivity index (χ0n) is 17.2. The van der Waals surface area contributed by atoms with Gasteiger partial charge in [0, 0.05) is 0 Å². The second-order valence-electron chi connectivity index (χ2n) is 9.58. The molecule has 3 nitrogen and oxygen atoms in total. The third kappa shape index (κ3) is 5.58. The Kier molecular flexibility index (Phi) is 7.68. The molecular weight excluding hydrogens is 343 g/mol. The Bertz CT molecular complexity index is 441. The smallest absolute Gasteiger partial charge is 0.309 e. The van der Waals surface area contributed by atoms with E-state index in [0.29, 0.717) is 24.8 Å². The minimum absolute atomic E-state index is 0.505. The lowest BCUT2D eigenvalue weighted by molar-refractivity contribution is -0.0628. The van der Waals surface area contributed by atoms with Crippen LogP contribution in [0.1, 0.15) is 97.3 Å². The van der Waals surface area contributed by atoms with Gasteiger partial charge in [0.1, 0.15) is 0 Å². The Morgan fingerprint density at radius 2 is 1.38 bits per heavy atom. The topological polar surface area (TPSA) is 35.5 Å². The minimum Gasteiger partial charge on any atom is -0.309 e. The largest absolute Gasteiger partial charge is 0.330 e. The van der Waals surface area contributed by atoms with Gasteiger partial charge in [0.25, 0.3) is 0 Å². The molecule has 4 fully saturated rings. The van der Waals surface area contributed by atoms with Gasteiger partial charge in [-0.05, 0) is 81.0 Å². The van der Waals surface area contributed by atoms with Crippen LogP contribution in [0.4, 0.5) is 0 Å². The predicted molar refractivity (Wildman–Crippen MR) is 109 cm³/mol. The fraction of sp³-hybridized carbons (Fsp3) is 1.00. The number of rotatable bonds is 13. The van der Waals surface area contributed by atoms with Crippen LogP contribution in [0.3, 0.4) is 0 Å². The second-order valence-corrected chi connectivity index (χ2v) is 11.8. The molecule has 4 aliphatic carbocycles. The van der Waals surface area contributed by atoms with E-state index in [4.69, 9.17) is 9.05 Å². The lowest BCUT2D eigenvalue weighted by Crippen LogP contribution is -2.46. The van der Waals surface area contributed by atoms with Crippen LogP contribution in [0.5, 0.6) is 0 Å². The summed E-state index contributed by atoms with van der Waals surface area (Å²) >= 11 is 0. The van der Waals surface area contributed by atoms with E-state index in [9.17, 15) is 4.57 Å². The molecule has 0 radical (unpaired) electrons. The Labute approximate surface area is 161 Å². The van der Waals surface area contributed by atoms with Gasteiger partial charge in [-0.1, -0.05) is 39.5 Å². The number of hydrogen-bond donors (Lipinski definition) is 0. The first-order valence-corrected chi connectivity index (χ1v) is 13.2. The summed E-state index contributed by atoms with van der Waals surface area (Å²) < 4.78 is 25.0. The van der Waals surface area contributed by atoms with Crippen molar-refractivity contribution in [3.63, 3.8) is 0 Å². The van der Waals surface area contributed by atoms with Crippen molar-refractivity contribution >= 4 is 7.60 Å². The Balaban J connectivity index is 1.45. The maximum Gasteiger partial charge on any atom is 0.330 e. The van der Waals surface area contributed by atoms with Crippen molar-refractivity contribution in [2.75, 3.05) is 19.4 Å². The minimum atomic E-state index is -2.89. The molecule has 4 aliphatic rings. The van der Waals surface area contributed by atoms with E-state index >= 15 is 0 Å². The van der Waals surface area contributed by atoms with Crippen LogP contribution >= 0.6 is 7.60 Å². The number of unbranched alkanes of at least 4 members (excludes halogenated alkanes) is 4. The third-order valence-corrected chi connectivity index (χ3v) is 9.17. The van der Waals surface area contributed by atoms with E-state index in [0.717, 1.165) is 49.9 Å². The van der Waals surface area contributed by atoms with E-state index in [-0.39, 0.29) is 0 Å². The highest BCUT2D eigenvalue weighted by atomic mass is 31.2. The Morgan fingerprint density at radius 1 is 0.808 bits per heavy atom. The molecule has 4 rings (SSSR count). The van der Waals surface area contributed by atoms with E-state index in [1.807, 2.05) is 0 Å². The summed E-state index contributed by atoms with van der Waals surface area (Å²) in [5.41, 5.74) is 0.505. The van der Waals surface area contributed by atoms with E-state index in [2.05, 4.69) is 13.8 Å². The van der Waals surface area contributed by atoms with Gasteiger partial charge in [-0.3, -0.25) is 4.57 Å². The van der Waals surface area contributed by atoms with Crippen LogP contribution in [-0.4, -0.2) is 19.4 Å². The van der Waals surface area contributed by atoms with Crippen molar-refractivity contribution in [2.45, 2.75) is 97.3 Å². The van der Waals surface area contributed by atoms with Gasteiger partial charge in [0.05, 0.1) is 19.4 Å². The van der Waals surface area contributed by atoms with Gasteiger partial charge in [-0.25, -0.2) is 0 Å². The molecule has 0 aliphatic heterocycles. The molecule has 0 saturated heterocycles. The summed E-state index contributed by atoms with van der Waals surface area (Å²) in [6, 6.07) is 0. The van der Waals surface area contributed by atoms with Crippen LogP contribution in [0.2, 0.25) is 0 Å². The standard InChI is InChI=1S/C22H41O3P/c1-3-5-7-8-10-24-26(23,12-6-4-2)25-11-9-22-16-19-13-20(17-22)15-21(14-19)18-22/h19-21H,3-18H2,1-2H3. The summed E-state index contributed by atoms with van der Waals surface area (Å²) in [5, 5.41) is 0. The lowest BCUT2D eigenvalue weighted by Gasteiger charge is -2.57. The zero-order valence-corrected chi connectivity index (χ0v) is 18.1. The van der Waals surface area contributed by atoms with Gasteiger partial charge in [-0.2, -0.15) is 0 Å². The Morgan fingerprint density at radius 3 is 1.96 bits per heavy atom. The van der Waals surface area contributed by atoms with Gasteiger partial charge >= 0.3 is 7.60 Å². The van der Waals surface area contributed by atoms with Crippen LogP contribution in [0.15, 0.2) is 0 Å². The molecule has 1 atom stereocenters. The van der Waals surface area contributed by atoms with Gasteiger partial charge in [0.2, 0.25) is 0 Å². The molecule has 4 heteroatoms. The molecule has 4 saturated carbocycles. The summed E-state index contributed by atoms with van der Waals surface area (Å²) in [6.07, 6.45) is 16.9. The fourth-order valence-electron chi connectivity index (χ4n) is 6.25. The van der Waals surface area contributed by atoms with Crippen molar-refractivity contribution in [3.05, 3.63) is 0 Å². The first-order chi connectivity index (χ1) is 12.6. The SMILES string of the molecule is CCCCCCOP(=O)(CCCC)OCCC12CC3CC(CC(C3)C1)C2. The molecule has 0 spiro atoms. The van der Waals surface area contributed by atoms with Crippen LogP contribution in [0.25, 0.3) is 0 Å². The monoisotopic (exact) mass is 384 g/mol. The van der Waals surface area contributed by atoms with Gasteiger partial charge < -0.3 is 9.05 Å². The molecule has 0 aromatic rings. The van der Waals surface area contributed by atoms with Gasteiger partial charge in [-0.15, -0.1) is 0 Å². The molecule has 0 heterocycles. The third-order valence-electron chi connectivity index (χ3n) is 7.16. The number of hydrogen-bond acceptors (Lipinski definition) is 3. The molecular formula is C22H41O3P. The maximum absolute atomic E-state index is 13.1. The molecule has 152 valence electrons. The quantitative estimate of drug-likeness (QED) is 0.249. The average Bonchev–Trinajstić information content (AvgIpc) is 2.58. The Hall–Kier alpha value is 0.150. The molecule has 4 bridgehead atoms. The van der Waals surface area contributed by atoms with Crippen molar-refractivity contribution in [2.24, 2.45) is 23.2 Å². The van der Waals surface area contributed by atoms with E-state index < -0.39 is 7.60 Å². The lowest BCUT2D eigenvalue weighted by atomic mass is 9.49. The average molecular weight is 385 g/mol. The molecule has 0 N–H and O–H groups in total. The van der Waals surface area contributed by atoms with Crippen LogP contribution in [0, 0.1) is 23.2 Å². The summed E-state index contributed by atoms with van der Waals surface area (Å²) in [5.74, 6) is 2.92. The van der Waals surface area contributed by atoms with Crippen LogP contribution < -0.4 is 0 Å². The van der Waals surface area contributed by atoms with Gasteiger partial charge in [0.15, 0.2) is 0 Å². The summed E-state index contributed by atoms with van der Waals surface area (Å²) in [7, 11) is -2.89. The van der Waals surface area contributed by atoms with Crippen molar-refractivity contribution < 1.29 is 13.6 Å². The molecule has 1 unspecified atom stereocenters. The summed E-state index contributed by atoms with van der Waals surface area (Å²) in [4.78, 5) is 0. The summed E-state index contributed by atoms with van der Waals surface area (Å²) in [6.45, 7) is 5.59. The van der Waals surface area contributed by atoms with Crippen LogP contribution in [-0.2, 0) is 13.6 Å². The highest BCUT2D eigenvalue weighted by molar-refractivity contribution is 7.53. The first kappa shape index (κ1) is 20.9. The molecule has 0 aromatic carbocycles. The van der Waals surface area contributed by atoms with Crippen molar-refractivity contribution in [1.82, 2.24) is 0 Å². The van der Waals surface area contributed by atoms with Crippen molar-refractivity contribution in [3.8, 4) is 0 Å². The fourth-order valence-corrected chi connectivity index (χ4v) is 8.06. The highest BCUT2D eigenvalue weighted by Crippen LogP contribution is 2.61. The predicted octanol–water partition coefficient (Wildman–Crippen LogP) is 7.20. The molecule has 26 heavy (non-hydrogen) atoms. The zero-order chi connectivity index (χ0) is 18.5.